The minimum Gasteiger partial charge on any atom is -0.248 e. The van der Waals surface area contributed by atoms with E-state index >= 15 is 0 Å². The van der Waals surface area contributed by atoms with Gasteiger partial charge in [0.2, 0.25) is 10.0 Å². The molecule has 6 heteroatoms. The minimum absolute atomic E-state index is 0.271. The lowest BCUT2D eigenvalue weighted by Crippen LogP contribution is -2.27. The average Bonchev–Trinajstić information content (AvgIpc) is 2.71. The second kappa shape index (κ2) is 4.19. The highest BCUT2D eigenvalue weighted by molar-refractivity contribution is 9.10. The summed E-state index contributed by atoms with van der Waals surface area (Å²) in [5.74, 6) is 0. The van der Waals surface area contributed by atoms with Gasteiger partial charge in [-0.15, -0.1) is 0 Å². The molecule has 4 nitrogen and oxygen atoms in total. The van der Waals surface area contributed by atoms with Crippen LogP contribution >= 0.6 is 15.9 Å². The zero-order valence-corrected chi connectivity index (χ0v) is 10.5. The van der Waals surface area contributed by atoms with E-state index in [2.05, 4.69) is 20.9 Å². The quantitative estimate of drug-likeness (QED) is 0.778. The predicted molar refractivity (Wildman–Crippen MR) is 59.9 cm³/mol. The highest BCUT2D eigenvalue weighted by Crippen LogP contribution is 2.20. The molecule has 1 aromatic heterocycles. The Bertz CT molecular complexity index is 438. The largest absolute Gasteiger partial charge is 0.248 e. The van der Waals surface area contributed by atoms with E-state index in [0.717, 1.165) is 12.8 Å². The predicted octanol–water partition coefficient (Wildman–Crippen LogP) is 1.63. The lowest BCUT2D eigenvalue weighted by Gasteiger charge is -2.14. The third-order valence-electron chi connectivity index (χ3n) is 2.40. The van der Waals surface area contributed by atoms with Crippen LogP contribution in [0.2, 0.25) is 0 Å². The van der Waals surface area contributed by atoms with Crippen LogP contribution in [0.1, 0.15) is 12.8 Å². The lowest BCUT2D eigenvalue weighted by atomic mass is 10.4. The Morgan fingerprint density at radius 3 is 2.47 bits per heavy atom. The van der Waals surface area contributed by atoms with Crippen molar-refractivity contribution >= 4 is 26.0 Å². The van der Waals surface area contributed by atoms with Crippen molar-refractivity contribution < 1.29 is 8.42 Å². The van der Waals surface area contributed by atoms with Gasteiger partial charge < -0.3 is 0 Å². The summed E-state index contributed by atoms with van der Waals surface area (Å²) in [6, 6.07) is 3.22. The van der Waals surface area contributed by atoms with Gasteiger partial charge in [0.25, 0.3) is 0 Å². The van der Waals surface area contributed by atoms with Crippen molar-refractivity contribution in [2.75, 3.05) is 13.1 Å². The molecule has 1 aliphatic heterocycles. The highest BCUT2D eigenvalue weighted by Gasteiger charge is 2.27. The first-order valence-corrected chi connectivity index (χ1v) is 6.96. The van der Waals surface area contributed by atoms with Crippen LogP contribution in [0.15, 0.2) is 27.8 Å². The zero-order chi connectivity index (χ0) is 10.9. The molecule has 0 aromatic carbocycles. The fourth-order valence-electron chi connectivity index (χ4n) is 1.59. The van der Waals surface area contributed by atoms with Crippen LogP contribution in [0.25, 0.3) is 0 Å². The topological polar surface area (TPSA) is 50.3 Å². The van der Waals surface area contributed by atoms with Gasteiger partial charge in [-0.25, -0.2) is 13.4 Å². The molecule has 2 heterocycles. The van der Waals surface area contributed by atoms with Crippen molar-refractivity contribution in [3.05, 3.63) is 22.9 Å². The average molecular weight is 291 g/mol. The van der Waals surface area contributed by atoms with Crippen LogP contribution in [0.4, 0.5) is 0 Å². The van der Waals surface area contributed by atoms with Crippen molar-refractivity contribution in [1.29, 1.82) is 0 Å². The number of pyridine rings is 1. The second-order valence-electron chi connectivity index (χ2n) is 3.43. The SMILES string of the molecule is O=S(=O)(c1ccc(Br)nc1)N1CCCC1. The number of sulfonamides is 1. The molecule has 15 heavy (non-hydrogen) atoms. The van der Waals surface area contributed by atoms with Crippen LogP contribution < -0.4 is 0 Å². The third-order valence-corrected chi connectivity index (χ3v) is 4.75. The first kappa shape index (κ1) is 11.0. The van der Waals surface area contributed by atoms with Crippen LogP contribution in [0, 0.1) is 0 Å². The van der Waals surface area contributed by atoms with E-state index in [0.29, 0.717) is 17.7 Å². The summed E-state index contributed by atoms with van der Waals surface area (Å²) in [5.41, 5.74) is 0. The number of aromatic nitrogens is 1. The van der Waals surface area contributed by atoms with Crippen molar-refractivity contribution in [3.8, 4) is 0 Å². The molecule has 0 unspecified atom stereocenters. The summed E-state index contributed by atoms with van der Waals surface area (Å²) >= 11 is 3.18. The van der Waals surface area contributed by atoms with Crippen LogP contribution in [-0.2, 0) is 10.0 Å². The molecule has 0 aliphatic carbocycles. The van der Waals surface area contributed by atoms with Crippen LogP contribution in [0.3, 0.4) is 0 Å². The Kier molecular flexibility index (Phi) is 3.08. The molecule has 0 saturated carbocycles. The molecule has 0 bridgehead atoms. The van der Waals surface area contributed by atoms with Gasteiger partial charge in [-0.1, -0.05) is 0 Å². The molecule has 1 saturated heterocycles. The highest BCUT2D eigenvalue weighted by atomic mass is 79.9. The maximum Gasteiger partial charge on any atom is 0.244 e. The number of hydrogen-bond donors (Lipinski definition) is 0. The van der Waals surface area contributed by atoms with Crippen molar-refractivity contribution in [2.45, 2.75) is 17.7 Å². The fraction of sp³-hybridized carbons (Fsp3) is 0.444. The molecule has 0 spiro atoms. The van der Waals surface area contributed by atoms with Gasteiger partial charge in [-0.2, -0.15) is 4.31 Å². The monoisotopic (exact) mass is 290 g/mol. The molecule has 1 aliphatic rings. The van der Waals surface area contributed by atoms with Crippen molar-refractivity contribution in [2.24, 2.45) is 0 Å². The number of hydrogen-bond acceptors (Lipinski definition) is 3. The van der Waals surface area contributed by atoms with Crippen molar-refractivity contribution in [1.82, 2.24) is 9.29 Å². The molecular weight excluding hydrogens is 280 g/mol. The van der Waals surface area contributed by atoms with E-state index in [1.54, 1.807) is 12.1 Å². The summed E-state index contributed by atoms with van der Waals surface area (Å²) in [7, 11) is -3.31. The summed E-state index contributed by atoms with van der Waals surface area (Å²) in [6.45, 7) is 1.25. The van der Waals surface area contributed by atoms with Gasteiger partial charge in [-0.05, 0) is 40.9 Å². The summed E-state index contributed by atoms with van der Waals surface area (Å²) in [5, 5.41) is 0. The Morgan fingerprint density at radius 1 is 1.27 bits per heavy atom. The lowest BCUT2D eigenvalue weighted by molar-refractivity contribution is 0.477. The molecular formula is C9H11BrN2O2S. The summed E-state index contributed by atoms with van der Waals surface area (Å²) in [6.07, 6.45) is 3.28. The Balaban J connectivity index is 2.32. The Hall–Kier alpha value is -0.460. The molecule has 0 radical (unpaired) electrons. The van der Waals surface area contributed by atoms with E-state index in [-0.39, 0.29) is 4.90 Å². The van der Waals surface area contributed by atoms with Gasteiger partial charge in [-0.3, -0.25) is 0 Å². The fourth-order valence-corrected chi connectivity index (χ4v) is 3.29. The van der Waals surface area contributed by atoms with E-state index in [4.69, 9.17) is 0 Å². The Morgan fingerprint density at radius 2 is 1.93 bits per heavy atom. The smallest absolute Gasteiger partial charge is 0.244 e. The molecule has 0 amide bonds. The number of rotatable bonds is 2. The first-order valence-electron chi connectivity index (χ1n) is 4.72. The number of halogens is 1. The molecule has 0 N–H and O–H groups in total. The van der Waals surface area contributed by atoms with E-state index in [9.17, 15) is 8.42 Å². The zero-order valence-electron chi connectivity index (χ0n) is 8.06. The third kappa shape index (κ3) is 2.21. The van der Waals surface area contributed by atoms with E-state index < -0.39 is 10.0 Å². The minimum atomic E-state index is -3.31. The van der Waals surface area contributed by atoms with Crippen LogP contribution in [0.5, 0.6) is 0 Å². The normalized spacial score (nSPS) is 18.2. The van der Waals surface area contributed by atoms with Gasteiger partial charge in [0, 0.05) is 19.3 Å². The van der Waals surface area contributed by atoms with Gasteiger partial charge >= 0.3 is 0 Å². The van der Waals surface area contributed by atoms with E-state index in [1.807, 2.05) is 0 Å². The number of nitrogens with zero attached hydrogens (tertiary/aromatic N) is 2. The van der Waals surface area contributed by atoms with Gasteiger partial charge in [0.05, 0.1) is 0 Å². The molecule has 1 fully saturated rings. The Labute approximate surface area is 97.5 Å². The first-order chi connectivity index (χ1) is 7.10. The molecule has 82 valence electrons. The summed E-state index contributed by atoms with van der Waals surface area (Å²) < 4.78 is 26.2. The maximum absolute atomic E-state index is 12.0. The van der Waals surface area contributed by atoms with Crippen molar-refractivity contribution in [3.63, 3.8) is 0 Å². The van der Waals surface area contributed by atoms with Gasteiger partial charge in [0.1, 0.15) is 9.50 Å². The second-order valence-corrected chi connectivity index (χ2v) is 6.18. The molecule has 2 rings (SSSR count). The van der Waals surface area contributed by atoms with E-state index in [1.165, 1.54) is 10.5 Å². The molecule has 0 atom stereocenters. The van der Waals surface area contributed by atoms with Crippen LogP contribution in [-0.4, -0.2) is 30.8 Å². The maximum atomic E-state index is 12.0. The molecule has 1 aromatic rings. The summed E-state index contributed by atoms with van der Waals surface area (Å²) in [4.78, 5) is 4.20. The van der Waals surface area contributed by atoms with Gasteiger partial charge in [0.15, 0.2) is 0 Å². The standard InChI is InChI=1S/C9H11BrN2O2S/c10-9-4-3-8(7-11-9)15(13,14)12-5-1-2-6-12/h3-4,7H,1-2,5-6H2.